The molecule has 3 aromatic rings. The summed E-state index contributed by atoms with van der Waals surface area (Å²) in [6, 6.07) is 17.6. The van der Waals surface area contributed by atoms with E-state index in [4.69, 9.17) is 11.6 Å². The van der Waals surface area contributed by atoms with Crippen molar-refractivity contribution in [1.82, 2.24) is 4.72 Å². The van der Waals surface area contributed by atoms with E-state index in [1.54, 1.807) is 42.5 Å². The van der Waals surface area contributed by atoms with E-state index in [1.807, 2.05) is 0 Å². The highest BCUT2D eigenvalue weighted by molar-refractivity contribution is 7.89. The number of alkyl halides is 3. The average molecular weight is 426 g/mol. The molecule has 0 aromatic heterocycles. The molecule has 3 rings (SSSR count). The molecule has 0 aliphatic rings. The maximum absolute atomic E-state index is 12.9. The molecule has 1 unspecified atom stereocenters. The molecule has 0 saturated carbocycles. The Labute approximate surface area is 165 Å². The lowest BCUT2D eigenvalue weighted by molar-refractivity contribution is -0.137. The van der Waals surface area contributed by atoms with Gasteiger partial charge >= 0.3 is 6.18 Å². The lowest BCUT2D eigenvalue weighted by Gasteiger charge is -2.21. The molecule has 28 heavy (non-hydrogen) atoms. The first-order chi connectivity index (χ1) is 13.2. The topological polar surface area (TPSA) is 46.2 Å². The molecule has 1 atom stereocenters. The molecule has 0 spiro atoms. The zero-order valence-corrected chi connectivity index (χ0v) is 15.9. The van der Waals surface area contributed by atoms with Crippen LogP contribution in [0.4, 0.5) is 13.2 Å². The Kier molecular flexibility index (Phi) is 5.79. The fourth-order valence-corrected chi connectivity index (χ4v) is 4.13. The van der Waals surface area contributed by atoms with Gasteiger partial charge in [0.05, 0.1) is 16.5 Å². The van der Waals surface area contributed by atoms with Crippen LogP contribution in [0.15, 0.2) is 83.8 Å². The Morgan fingerprint density at radius 1 is 0.821 bits per heavy atom. The van der Waals surface area contributed by atoms with Gasteiger partial charge in [-0.25, -0.2) is 8.42 Å². The standard InChI is InChI=1S/C20H15ClF3NO2S/c21-17-6-4-5-15(13-17)19(14-9-11-16(12-10-14)20(22,23)24)25-28(26,27)18-7-2-1-3-8-18/h1-13,19,25H. The summed E-state index contributed by atoms with van der Waals surface area (Å²) < 4.78 is 66.7. The van der Waals surface area contributed by atoms with Crippen LogP contribution in [0.25, 0.3) is 0 Å². The highest BCUT2D eigenvalue weighted by atomic mass is 35.5. The summed E-state index contributed by atoms with van der Waals surface area (Å²) in [4.78, 5) is 0.0499. The van der Waals surface area contributed by atoms with Gasteiger partial charge in [0.2, 0.25) is 10.0 Å². The summed E-state index contributed by atoms with van der Waals surface area (Å²) >= 11 is 6.02. The molecule has 1 N–H and O–H groups in total. The molecular formula is C20H15ClF3NO2S. The van der Waals surface area contributed by atoms with Crippen LogP contribution in [-0.2, 0) is 16.2 Å². The normalized spacial score (nSPS) is 13.3. The van der Waals surface area contributed by atoms with E-state index >= 15 is 0 Å². The van der Waals surface area contributed by atoms with Crippen molar-refractivity contribution in [3.8, 4) is 0 Å². The number of rotatable bonds is 5. The third-order valence-electron chi connectivity index (χ3n) is 4.08. The second kappa shape index (κ2) is 7.95. The van der Waals surface area contributed by atoms with Crippen LogP contribution in [0.3, 0.4) is 0 Å². The van der Waals surface area contributed by atoms with Crippen molar-refractivity contribution in [2.75, 3.05) is 0 Å². The first kappa shape index (κ1) is 20.4. The van der Waals surface area contributed by atoms with Gasteiger partial charge in [-0.1, -0.05) is 54.1 Å². The minimum Gasteiger partial charge on any atom is -0.207 e. The third-order valence-corrected chi connectivity index (χ3v) is 5.75. The fraction of sp³-hybridized carbons (Fsp3) is 0.100. The van der Waals surface area contributed by atoms with Gasteiger partial charge in [0, 0.05) is 5.02 Å². The smallest absolute Gasteiger partial charge is 0.207 e. The molecule has 8 heteroatoms. The van der Waals surface area contributed by atoms with Crippen molar-refractivity contribution in [2.45, 2.75) is 17.1 Å². The van der Waals surface area contributed by atoms with Crippen molar-refractivity contribution in [3.05, 3.63) is 101 Å². The quantitative estimate of drug-likeness (QED) is 0.592. The highest BCUT2D eigenvalue weighted by Gasteiger charge is 2.31. The van der Waals surface area contributed by atoms with Gasteiger partial charge in [-0.15, -0.1) is 0 Å². The van der Waals surface area contributed by atoms with E-state index in [0.29, 0.717) is 16.1 Å². The molecule has 3 aromatic carbocycles. The molecule has 3 nitrogen and oxygen atoms in total. The molecule has 0 aliphatic carbocycles. The van der Waals surface area contributed by atoms with Gasteiger partial charge in [0.1, 0.15) is 0 Å². The SMILES string of the molecule is O=S(=O)(NC(c1ccc(C(F)(F)F)cc1)c1cccc(Cl)c1)c1ccccc1. The van der Waals surface area contributed by atoms with Crippen LogP contribution in [0.1, 0.15) is 22.7 Å². The van der Waals surface area contributed by atoms with E-state index < -0.39 is 27.8 Å². The summed E-state index contributed by atoms with van der Waals surface area (Å²) in [5.74, 6) is 0. The minimum atomic E-state index is -4.48. The van der Waals surface area contributed by atoms with Crippen molar-refractivity contribution in [2.24, 2.45) is 0 Å². The number of halogens is 4. The maximum Gasteiger partial charge on any atom is 0.416 e. The number of nitrogens with one attached hydrogen (secondary N) is 1. The molecular weight excluding hydrogens is 411 g/mol. The minimum absolute atomic E-state index is 0.0499. The van der Waals surface area contributed by atoms with Crippen LogP contribution in [0, 0.1) is 0 Å². The number of hydrogen-bond acceptors (Lipinski definition) is 2. The first-order valence-electron chi connectivity index (χ1n) is 8.17. The van der Waals surface area contributed by atoms with Gasteiger partial charge in [-0.05, 0) is 47.5 Å². The van der Waals surface area contributed by atoms with Crippen LogP contribution in [0.2, 0.25) is 5.02 Å². The third kappa shape index (κ3) is 4.73. The van der Waals surface area contributed by atoms with Crippen molar-refractivity contribution in [3.63, 3.8) is 0 Å². The number of sulfonamides is 1. The molecule has 146 valence electrons. The van der Waals surface area contributed by atoms with Crippen LogP contribution >= 0.6 is 11.6 Å². The molecule has 0 amide bonds. The monoisotopic (exact) mass is 425 g/mol. The van der Waals surface area contributed by atoms with Gasteiger partial charge in [0.25, 0.3) is 0 Å². The Bertz CT molecular complexity index is 1050. The molecule has 0 heterocycles. The second-order valence-electron chi connectivity index (χ2n) is 6.04. The Hall–Kier alpha value is -2.35. The number of benzene rings is 3. The van der Waals surface area contributed by atoms with Crippen molar-refractivity contribution >= 4 is 21.6 Å². The Morgan fingerprint density at radius 3 is 2.04 bits per heavy atom. The van der Waals surface area contributed by atoms with Gasteiger partial charge in [-0.2, -0.15) is 17.9 Å². The van der Waals surface area contributed by atoms with Gasteiger partial charge in [-0.3, -0.25) is 0 Å². The van der Waals surface area contributed by atoms with Crippen molar-refractivity contribution in [1.29, 1.82) is 0 Å². The summed E-state index contributed by atoms with van der Waals surface area (Å²) in [7, 11) is -3.92. The molecule has 0 radical (unpaired) electrons. The van der Waals surface area contributed by atoms with E-state index in [-0.39, 0.29) is 4.90 Å². The van der Waals surface area contributed by atoms with E-state index in [2.05, 4.69) is 4.72 Å². The zero-order valence-electron chi connectivity index (χ0n) is 14.3. The van der Waals surface area contributed by atoms with E-state index in [0.717, 1.165) is 12.1 Å². The largest absolute Gasteiger partial charge is 0.416 e. The summed E-state index contributed by atoms with van der Waals surface area (Å²) in [5.41, 5.74) is 0.0496. The summed E-state index contributed by atoms with van der Waals surface area (Å²) in [5, 5.41) is 0.383. The zero-order chi connectivity index (χ0) is 20.4. The second-order valence-corrected chi connectivity index (χ2v) is 8.19. The first-order valence-corrected chi connectivity index (χ1v) is 10.0. The number of hydrogen-bond donors (Lipinski definition) is 1. The predicted octanol–water partition coefficient (Wildman–Crippen LogP) is 5.43. The highest BCUT2D eigenvalue weighted by Crippen LogP contribution is 2.32. The fourth-order valence-electron chi connectivity index (χ4n) is 2.70. The Morgan fingerprint density at radius 2 is 1.46 bits per heavy atom. The maximum atomic E-state index is 12.9. The van der Waals surface area contributed by atoms with Gasteiger partial charge in [0.15, 0.2) is 0 Å². The molecule has 0 aliphatic heterocycles. The lowest BCUT2D eigenvalue weighted by Crippen LogP contribution is -2.29. The average Bonchev–Trinajstić information content (AvgIpc) is 2.66. The van der Waals surface area contributed by atoms with Crippen molar-refractivity contribution < 1.29 is 21.6 Å². The van der Waals surface area contributed by atoms with Crippen LogP contribution in [0.5, 0.6) is 0 Å². The predicted molar refractivity (Wildman–Crippen MR) is 102 cm³/mol. The van der Waals surface area contributed by atoms with Gasteiger partial charge < -0.3 is 0 Å². The van der Waals surface area contributed by atoms with E-state index in [1.165, 1.54) is 24.3 Å². The molecule has 0 bridgehead atoms. The summed E-state index contributed by atoms with van der Waals surface area (Å²) in [6.07, 6.45) is -4.48. The van der Waals surface area contributed by atoms with E-state index in [9.17, 15) is 21.6 Å². The Balaban J connectivity index is 2.03. The molecule has 0 fully saturated rings. The summed E-state index contributed by atoms with van der Waals surface area (Å²) in [6.45, 7) is 0. The van der Waals surface area contributed by atoms with Crippen LogP contribution < -0.4 is 4.72 Å². The lowest BCUT2D eigenvalue weighted by atomic mass is 9.98. The molecule has 0 saturated heterocycles. The van der Waals surface area contributed by atoms with Crippen LogP contribution in [-0.4, -0.2) is 8.42 Å².